The van der Waals surface area contributed by atoms with Gasteiger partial charge in [0.1, 0.15) is 11.3 Å². The van der Waals surface area contributed by atoms with Crippen LogP contribution in [0, 0.1) is 0 Å². The topological polar surface area (TPSA) is 54.3 Å². The number of rotatable bonds is 5. The van der Waals surface area contributed by atoms with Crippen LogP contribution in [0.15, 0.2) is 63.9 Å². The number of furan rings is 1. The third-order valence-electron chi connectivity index (χ3n) is 3.83. The summed E-state index contributed by atoms with van der Waals surface area (Å²) < 4.78 is 5.77. The molecule has 124 valence electrons. The lowest BCUT2D eigenvalue weighted by Gasteiger charge is -2.12. The second-order valence-corrected chi connectivity index (χ2v) is 6.46. The average Bonchev–Trinajstić information content (AvgIpc) is 3.05. The number of urea groups is 1. The van der Waals surface area contributed by atoms with Crippen LogP contribution < -0.4 is 10.6 Å². The minimum Gasteiger partial charge on any atom is -0.459 e. The number of carbonyl (C=O) groups excluding carboxylic acids is 1. The summed E-state index contributed by atoms with van der Waals surface area (Å²) in [6.07, 6.45) is 2.04. The molecular weight excluding hydrogens is 320 g/mol. The van der Waals surface area contributed by atoms with Crippen molar-refractivity contribution >= 4 is 28.8 Å². The van der Waals surface area contributed by atoms with Crippen LogP contribution in [0.4, 0.5) is 4.79 Å². The molecular formula is C19H20N2O2S. The Morgan fingerprint density at radius 2 is 1.92 bits per heavy atom. The van der Waals surface area contributed by atoms with Gasteiger partial charge >= 0.3 is 6.03 Å². The molecule has 2 aromatic carbocycles. The molecule has 0 saturated heterocycles. The van der Waals surface area contributed by atoms with Gasteiger partial charge in [0.25, 0.3) is 0 Å². The molecule has 1 heterocycles. The fourth-order valence-corrected chi connectivity index (χ4v) is 2.87. The largest absolute Gasteiger partial charge is 0.459 e. The van der Waals surface area contributed by atoms with Crippen LogP contribution in [0.5, 0.6) is 0 Å². The number of benzene rings is 2. The number of hydrogen-bond acceptors (Lipinski definition) is 3. The Morgan fingerprint density at radius 1 is 1.17 bits per heavy atom. The lowest BCUT2D eigenvalue weighted by molar-refractivity contribution is 0.236. The molecule has 2 N–H and O–H groups in total. The van der Waals surface area contributed by atoms with Crippen LogP contribution in [0.25, 0.3) is 11.0 Å². The molecule has 0 radical (unpaired) electrons. The Morgan fingerprint density at radius 3 is 2.62 bits per heavy atom. The summed E-state index contributed by atoms with van der Waals surface area (Å²) in [7, 11) is 0. The summed E-state index contributed by atoms with van der Waals surface area (Å²) in [5.74, 6) is 0.746. The van der Waals surface area contributed by atoms with Gasteiger partial charge in [-0.3, -0.25) is 0 Å². The van der Waals surface area contributed by atoms with Crippen LogP contribution in [-0.4, -0.2) is 12.3 Å². The monoisotopic (exact) mass is 340 g/mol. The molecule has 5 heteroatoms. The summed E-state index contributed by atoms with van der Waals surface area (Å²) >= 11 is 1.70. The molecule has 0 bridgehead atoms. The highest BCUT2D eigenvalue weighted by Crippen LogP contribution is 2.23. The van der Waals surface area contributed by atoms with Gasteiger partial charge in [0.2, 0.25) is 0 Å². The van der Waals surface area contributed by atoms with Crippen molar-refractivity contribution in [3.05, 3.63) is 65.9 Å². The molecule has 0 aliphatic rings. The van der Waals surface area contributed by atoms with E-state index >= 15 is 0 Å². The zero-order valence-electron chi connectivity index (χ0n) is 13.7. The number of fused-ring (bicyclic) bond motifs is 1. The quantitative estimate of drug-likeness (QED) is 0.661. The molecule has 3 rings (SSSR count). The normalized spacial score (nSPS) is 12.1. The number of para-hydroxylation sites is 1. The van der Waals surface area contributed by atoms with Gasteiger partial charge in [0.05, 0.1) is 6.04 Å². The van der Waals surface area contributed by atoms with Crippen LogP contribution in [0.2, 0.25) is 0 Å². The number of hydrogen-bond donors (Lipinski definition) is 2. The third-order valence-corrected chi connectivity index (χ3v) is 4.57. The van der Waals surface area contributed by atoms with Crippen molar-refractivity contribution in [3.8, 4) is 0 Å². The Bertz CT molecular complexity index is 794. The van der Waals surface area contributed by atoms with Crippen molar-refractivity contribution in [1.82, 2.24) is 10.6 Å². The zero-order chi connectivity index (χ0) is 16.9. The predicted molar refractivity (Wildman–Crippen MR) is 98.2 cm³/mol. The van der Waals surface area contributed by atoms with E-state index in [4.69, 9.17) is 4.42 Å². The highest BCUT2D eigenvalue weighted by Gasteiger charge is 2.13. The van der Waals surface area contributed by atoms with Crippen molar-refractivity contribution < 1.29 is 9.21 Å². The fraction of sp³-hybridized carbons (Fsp3) is 0.211. The average molecular weight is 340 g/mol. The zero-order valence-corrected chi connectivity index (χ0v) is 14.5. The molecule has 4 nitrogen and oxygen atoms in total. The van der Waals surface area contributed by atoms with E-state index in [2.05, 4.69) is 22.8 Å². The van der Waals surface area contributed by atoms with Crippen LogP contribution in [0.1, 0.15) is 24.3 Å². The molecule has 0 aliphatic carbocycles. The summed E-state index contributed by atoms with van der Waals surface area (Å²) in [5, 5.41) is 6.81. The van der Waals surface area contributed by atoms with E-state index < -0.39 is 0 Å². The van der Waals surface area contributed by atoms with Crippen LogP contribution in [-0.2, 0) is 6.54 Å². The summed E-state index contributed by atoms with van der Waals surface area (Å²) in [6.45, 7) is 2.40. The minimum absolute atomic E-state index is 0.198. The van der Waals surface area contributed by atoms with Gasteiger partial charge in [-0.05, 0) is 43.0 Å². The number of thioether (sulfide) groups is 1. The van der Waals surface area contributed by atoms with E-state index in [9.17, 15) is 4.79 Å². The minimum atomic E-state index is -0.211. The summed E-state index contributed by atoms with van der Waals surface area (Å²) in [5.41, 5.74) is 1.90. The van der Waals surface area contributed by atoms with E-state index in [1.807, 2.05) is 55.6 Å². The highest BCUT2D eigenvalue weighted by atomic mass is 32.2. The van der Waals surface area contributed by atoms with E-state index in [0.29, 0.717) is 6.54 Å². The molecule has 2 amide bonds. The van der Waals surface area contributed by atoms with Crippen molar-refractivity contribution in [2.75, 3.05) is 6.26 Å². The third kappa shape index (κ3) is 3.92. The molecule has 0 spiro atoms. The first-order chi connectivity index (χ1) is 11.7. The van der Waals surface area contributed by atoms with Gasteiger partial charge in [-0.1, -0.05) is 30.3 Å². The maximum atomic E-state index is 12.1. The number of amides is 2. The lowest BCUT2D eigenvalue weighted by Crippen LogP contribution is -2.36. The van der Waals surface area contributed by atoms with Gasteiger partial charge in [0, 0.05) is 16.8 Å². The van der Waals surface area contributed by atoms with Gasteiger partial charge < -0.3 is 15.1 Å². The molecule has 1 unspecified atom stereocenters. The Labute approximate surface area is 145 Å². The van der Waals surface area contributed by atoms with Crippen LogP contribution >= 0.6 is 11.8 Å². The molecule has 0 fully saturated rings. The molecule has 24 heavy (non-hydrogen) atoms. The molecule has 0 saturated carbocycles. The van der Waals surface area contributed by atoms with Gasteiger partial charge in [-0.25, -0.2) is 4.79 Å². The van der Waals surface area contributed by atoms with Crippen molar-refractivity contribution in [3.63, 3.8) is 0 Å². The lowest BCUT2D eigenvalue weighted by atomic mass is 10.2. The second-order valence-electron chi connectivity index (χ2n) is 5.58. The fourth-order valence-electron chi connectivity index (χ4n) is 2.46. The molecule has 1 atom stereocenters. The van der Waals surface area contributed by atoms with Crippen molar-refractivity contribution in [2.24, 2.45) is 0 Å². The van der Waals surface area contributed by atoms with E-state index in [0.717, 1.165) is 22.3 Å². The van der Waals surface area contributed by atoms with E-state index in [1.54, 1.807) is 11.8 Å². The van der Waals surface area contributed by atoms with Gasteiger partial charge in [0.15, 0.2) is 0 Å². The molecule has 0 aliphatic heterocycles. The number of nitrogens with one attached hydrogen (secondary N) is 2. The number of carbonyl (C=O) groups is 1. The maximum Gasteiger partial charge on any atom is 0.315 e. The highest BCUT2D eigenvalue weighted by molar-refractivity contribution is 7.98. The first-order valence-corrected chi connectivity index (χ1v) is 9.04. The Hall–Kier alpha value is -2.40. The smallest absolute Gasteiger partial charge is 0.315 e. The standard InChI is InChI=1S/C19H20N2O2S/c1-13(18-11-15-5-3-4-6-17(15)23-18)21-19(22)20-12-14-7-9-16(24-2)10-8-14/h3-11,13H,12H2,1-2H3,(H2,20,21,22). The SMILES string of the molecule is CSc1ccc(CNC(=O)NC(C)c2cc3ccccc3o2)cc1. The first kappa shape index (κ1) is 16.5. The predicted octanol–water partition coefficient (Wildman–Crippen LogP) is 4.72. The summed E-state index contributed by atoms with van der Waals surface area (Å²) in [6, 6.07) is 17.5. The second kappa shape index (κ2) is 7.45. The van der Waals surface area contributed by atoms with Crippen molar-refractivity contribution in [1.29, 1.82) is 0 Å². The van der Waals surface area contributed by atoms with Gasteiger partial charge in [-0.2, -0.15) is 0 Å². The maximum absolute atomic E-state index is 12.1. The van der Waals surface area contributed by atoms with Gasteiger partial charge in [-0.15, -0.1) is 11.8 Å². The summed E-state index contributed by atoms with van der Waals surface area (Å²) in [4.78, 5) is 13.3. The van der Waals surface area contributed by atoms with Crippen LogP contribution in [0.3, 0.4) is 0 Å². The van der Waals surface area contributed by atoms with Crippen molar-refractivity contribution in [2.45, 2.75) is 24.4 Å². The molecule has 3 aromatic rings. The first-order valence-electron chi connectivity index (χ1n) is 7.81. The Balaban J connectivity index is 1.55. The van der Waals surface area contributed by atoms with E-state index in [1.165, 1.54) is 4.90 Å². The van der Waals surface area contributed by atoms with E-state index in [-0.39, 0.29) is 12.1 Å². The Kier molecular flexibility index (Phi) is 5.11. The molecule has 1 aromatic heterocycles.